The topological polar surface area (TPSA) is 32.7 Å². The number of carbonyl (C=O) groups is 1. The minimum Gasteiger partial charge on any atom is -0.299 e. The molecule has 0 fully saturated rings. The predicted molar refractivity (Wildman–Crippen MR) is 79.4 cm³/mol. The van der Waals surface area contributed by atoms with Gasteiger partial charge < -0.3 is 0 Å². The first-order valence-corrected chi connectivity index (χ1v) is 6.48. The first-order valence-electron chi connectivity index (χ1n) is 6.48. The molecule has 0 N–H and O–H groups in total. The summed E-state index contributed by atoms with van der Waals surface area (Å²) in [5.41, 5.74) is 3.44. The highest BCUT2D eigenvalue weighted by atomic mass is 16.1. The number of fused-ring (bicyclic) bond motifs is 1. The average molecular weight is 262 g/mol. The molecule has 0 amide bonds. The highest BCUT2D eigenvalue weighted by Gasteiger charge is 2.24. The molecule has 0 aromatic heterocycles. The summed E-state index contributed by atoms with van der Waals surface area (Å²) in [6.45, 7) is 0. The summed E-state index contributed by atoms with van der Waals surface area (Å²) >= 11 is 0. The molecule has 2 aromatic rings. The fourth-order valence-corrected chi connectivity index (χ4v) is 2.43. The van der Waals surface area contributed by atoms with Crippen LogP contribution in [-0.4, -0.2) is 17.5 Å². The molecule has 98 valence electrons. The summed E-state index contributed by atoms with van der Waals surface area (Å²) in [6, 6.07) is 18.3. The van der Waals surface area contributed by atoms with E-state index < -0.39 is 0 Å². The number of hydrogen-bond donors (Lipinski definition) is 0. The van der Waals surface area contributed by atoms with E-state index in [-0.39, 0.29) is 6.04 Å². The molecule has 0 bridgehead atoms. The van der Waals surface area contributed by atoms with Gasteiger partial charge in [0.05, 0.1) is 6.21 Å². The van der Waals surface area contributed by atoms with Crippen molar-refractivity contribution in [1.29, 1.82) is 0 Å². The lowest BCUT2D eigenvalue weighted by Crippen LogP contribution is -2.24. The van der Waals surface area contributed by atoms with E-state index in [1.54, 1.807) is 6.20 Å². The van der Waals surface area contributed by atoms with Crippen molar-refractivity contribution in [3.63, 3.8) is 0 Å². The van der Waals surface area contributed by atoms with Crippen molar-refractivity contribution in [2.24, 2.45) is 5.10 Å². The van der Waals surface area contributed by atoms with Gasteiger partial charge >= 0.3 is 0 Å². The maximum Gasteiger partial charge on any atom is 0.144 e. The Morgan fingerprint density at radius 1 is 1.00 bits per heavy atom. The van der Waals surface area contributed by atoms with Crippen LogP contribution in [0.15, 0.2) is 72.0 Å². The van der Waals surface area contributed by atoms with Crippen LogP contribution >= 0.6 is 0 Å². The molecule has 1 unspecified atom stereocenters. The third-order valence-electron chi connectivity index (χ3n) is 3.32. The molecule has 3 heteroatoms. The second-order valence-electron chi connectivity index (χ2n) is 4.54. The summed E-state index contributed by atoms with van der Waals surface area (Å²) in [6.07, 6.45) is 5.75. The molecule has 0 radical (unpaired) electrons. The average Bonchev–Trinajstić information content (AvgIpc) is 2.53. The van der Waals surface area contributed by atoms with Gasteiger partial charge in [0.25, 0.3) is 0 Å². The van der Waals surface area contributed by atoms with Gasteiger partial charge in [0.2, 0.25) is 0 Å². The van der Waals surface area contributed by atoms with Gasteiger partial charge in [0, 0.05) is 11.8 Å². The van der Waals surface area contributed by atoms with Crippen molar-refractivity contribution < 1.29 is 4.79 Å². The van der Waals surface area contributed by atoms with Crippen LogP contribution < -0.4 is 0 Å². The first-order chi connectivity index (χ1) is 9.90. The molecule has 20 heavy (non-hydrogen) atoms. The predicted octanol–water partition coefficient (Wildman–Crippen LogP) is 3.14. The highest BCUT2D eigenvalue weighted by Crippen LogP contribution is 2.33. The molecule has 0 spiro atoms. The number of benzene rings is 2. The van der Waals surface area contributed by atoms with Crippen LogP contribution in [0.4, 0.5) is 0 Å². The van der Waals surface area contributed by atoms with E-state index in [1.165, 1.54) is 11.6 Å². The normalized spacial score (nSPS) is 17.2. The maximum atomic E-state index is 10.6. The summed E-state index contributed by atoms with van der Waals surface area (Å²) in [7, 11) is 0. The summed E-state index contributed by atoms with van der Waals surface area (Å²) in [5, 5.41) is 6.24. The van der Waals surface area contributed by atoms with Crippen LogP contribution in [-0.2, 0) is 4.79 Å². The molecular weight excluding hydrogens is 248 g/mol. The van der Waals surface area contributed by atoms with Gasteiger partial charge in [-0.15, -0.1) is 0 Å². The lowest BCUT2D eigenvalue weighted by Gasteiger charge is -2.31. The molecular formula is C17H14N2O. The summed E-state index contributed by atoms with van der Waals surface area (Å²) in [5.74, 6) is 0. The van der Waals surface area contributed by atoms with Crippen molar-refractivity contribution >= 4 is 12.5 Å². The molecule has 3 nitrogen and oxygen atoms in total. The standard InChI is InChI=1S/C17H14N2O/c20-12-6-11-19-17(14-7-2-1-3-8-14)16-10-5-4-9-15(16)13-18-19/h1-13,17H. The molecule has 0 saturated carbocycles. The molecule has 1 aliphatic heterocycles. The van der Waals surface area contributed by atoms with E-state index >= 15 is 0 Å². The van der Waals surface area contributed by atoms with Crippen molar-refractivity contribution in [2.75, 3.05) is 0 Å². The number of hydrazone groups is 1. The third kappa shape index (κ3) is 2.26. The number of hydrogen-bond acceptors (Lipinski definition) is 3. The number of aldehydes is 1. The lowest BCUT2D eigenvalue weighted by atomic mass is 9.93. The molecule has 1 atom stereocenters. The SMILES string of the molecule is O=CC=CN1N=Cc2ccccc2C1c1ccccc1. The fraction of sp³-hybridized carbons (Fsp3) is 0.0588. The molecule has 3 rings (SSSR count). The Labute approximate surface area is 117 Å². The summed E-state index contributed by atoms with van der Waals surface area (Å²) in [4.78, 5) is 10.6. The number of allylic oxidation sites excluding steroid dienone is 1. The van der Waals surface area contributed by atoms with Crippen molar-refractivity contribution in [2.45, 2.75) is 6.04 Å². The van der Waals surface area contributed by atoms with Gasteiger partial charge in [-0.05, 0) is 17.2 Å². The fourth-order valence-electron chi connectivity index (χ4n) is 2.43. The Kier molecular flexibility index (Phi) is 3.42. The number of carbonyl (C=O) groups excluding carboxylic acids is 1. The van der Waals surface area contributed by atoms with E-state index in [4.69, 9.17) is 0 Å². The van der Waals surface area contributed by atoms with E-state index in [0.717, 1.165) is 17.4 Å². The molecule has 0 saturated heterocycles. The van der Waals surface area contributed by atoms with Crippen LogP contribution in [0.2, 0.25) is 0 Å². The smallest absolute Gasteiger partial charge is 0.144 e. The van der Waals surface area contributed by atoms with Gasteiger partial charge in [-0.1, -0.05) is 54.6 Å². The molecule has 1 heterocycles. The van der Waals surface area contributed by atoms with Crippen LogP contribution in [0.5, 0.6) is 0 Å². The largest absolute Gasteiger partial charge is 0.299 e. The minimum absolute atomic E-state index is 0.00593. The Morgan fingerprint density at radius 2 is 1.75 bits per heavy atom. The molecule has 2 aromatic carbocycles. The second-order valence-corrected chi connectivity index (χ2v) is 4.54. The Balaban J connectivity index is 2.11. The Bertz CT molecular complexity index is 662. The Hall–Kier alpha value is -2.68. The minimum atomic E-state index is -0.00593. The van der Waals surface area contributed by atoms with Crippen molar-refractivity contribution in [3.05, 3.63) is 83.6 Å². The van der Waals surface area contributed by atoms with Gasteiger partial charge in [-0.2, -0.15) is 5.10 Å². The van der Waals surface area contributed by atoms with Crippen LogP contribution in [0.3, 0.4) is 0 Å². The van der Waals surface area contributed by atoms with Gasteiger partial charge in [-0.25, -0.2) is 0 Å². The third-order valence-corrected chi connectivity index (χ3v) is 3.32. The van der Waals surface area contributed by atoms with Gasteiger partial charge in [0.15, 0.2) is 0 Å². The van der Waals surface area contributed by atoms with E-state index in [9.17, 15) is 4.79 Å². The van der Waals surface area contributed by atoms with E-state index in [1.807, 2.05) is 41.6 Å². The van der Waals surface area contributed by atoms with Gasteiger partial charge in [-0.3, -0.25) is 9.80 Å². The zero-order valence-corrected chi connectivity index (χ0v) is 10.9. The zero-order chi connectivity index (χ0) is 13.8. The lowest BCUT2D eigenvalue weighted by molar-refractivity contribution is -0.104. The van der Waals surface area contributed by atoms with Crippen LogP contribution in [0.1, 0.15) is 22.7 Å². The summed E-state index contributed by atoms with van der Waals surface area (Å²) < 4.78 is 0. The van der Waals surface area contributed by atoms with Crippen LogP contribution in [0, 0.1) is 0 Å². The van der Waals surface area contributed by atoms with E-state index in [2.05, 4.69) is 29.4 Å². The van der Waals surface area contributed by atoms with Crippen LogP contribution in [0.25, 0.3) is 0 Å². The number of nitrogens with zero attached hydrogens (tertiary/aromatic N) is 2. The quantitative estimate of drug-likeness (QED) is 0.629. The Morgan fingerprint density at radius 3 is 2.55 bits per heavy atom. The maximum absolute atomic E-state index is 10.6. The van der Waals surface area contributed by atoms with Crippen molar-refractivity contribution in [3.8, 4) is 0 Å². The highest BCUT2D eigenvalue weighted by molar-refractivity contribution is 5.83. The second kappa shape index (κ2) is 5.53. The zero-order valence-electron chi connectivity index (χ0n) is 10.9. The van der Waals surface area contributed by atoms with Gasteiger partial charge in [0.1, 0.15) is 12.3 Å². The van der Waals surface area contributed by atoms with E-state index in [0.29, 0.717) is 0 Å². The molecule has 0 aliphatic carbocycles. The number of rotatable bonds is 3. The monoisotopic (exact) mass is 262 g/mol. The molecule has 1 aliphatic rings. The van der Waals surface area contributed by atoms with Crippen molar-refractivity contribution in [1.82, 2.24) is 5.01 Å². The first kappa shape index (κ1) is 12.4.